The predicted octanol–water partition coefficient (Wildman–Crippen LogP) is 2.03. The van der Waals surface area contributed by atoms with E-state index >= 15 is 0 Å². The number of likely N-dealkylation sites (N-methyl/N-ethyl adjacent to an activating group) is 1. The van der Waals surface area contributed by atoms with Crippen molar-refractivity contribution < 1.29 is 0 Å². The van der Waals surface area contributed by atoms with Gasteiger partial charge >= 0.3 is 0 Å². The monoisotopic (exact) mass is 261 g/mol. The van der Waals surface area contributed by atoms with Crippen LogP contribution in [0.1, 0.15) is 18.1 Å². The third kappa shape index (κ3) is 3.71. The van der Waals surface area contributed by atoms with Crippen LogP contribution in [0, 0.1) is 13.8 Å². The van der Waals surface area contributed by atoms with E-state index in [9.17, 15) is 0 Å². The second-order valence-electron chi connectivity index (χ2n) is 5.81. The number of nitrogens with one attached hydrogen (secondary N) is 1. The Balaban J connectivity index is 1.99. The van der Waals surface area contributed by atoms with E-state index in [2.05, 4.69) is 61.1 Å². The Morgan fingerprint density at radius 3 is 2.63 bits per heavy atom. The molecule has 1 aliphatic heterocycles. The van der Waals surface area contributed by atoms with Crippen LogP contribution in [-0.2, 0) is 0 Å². The molecule has 2 rings (SSSR count). The maximum atomic E-state index is 3.42. The molecule has 106 valence electrons. The zero-order valence-corrected chi connectivity index (χ0v) is 12.7. The normalized spacial score (nSPS) is 18.3. The van der Waals surface area contributed by atoms with E-state index < -0.39 is 0 Å². The fourth-order valence-corrected chi connectivity index (χ4v) is 2.86. The number of anilines is 1. The standard InChI is InChI=1S/C16H27N3/c1-13-5-6-14(2)16(11-13)18(4)12-15(3)19-9-7-17-8-10-19/h5-6,11,15,17H,7-10,12H2,1-4H3. The van der Waals surface area contributed by atoms with Crippen molar-refractivity contribution in [3.63, 3.8) is 0 Å². The molecule has 3 nitrogen and oxygen atoms in total. The van der Waals surface area contributed by atoms with Crippen LogP contribution in [0.25, 0.3) is 0 Å². The van der Waals surface area contributed by atoms with Crippen molar-refractivity contribution >= 4 is 5.69 Å². The highest BCUT2D eigenvalue weighted by atomic mass is 15.2. The zero-order chi connectivity index (χ0) is 13.8. The quantitative estimate of drug-likeness (QED) is 0.895. The molecule has 1 heterocycles. The van der Waals surface area contributed by atoms with Gasteiger partial charge in [-0.05, 0) is 38.0 Å². The van der Waals surface area contributed by atoms with E-state index in [-0.39, 0.29) is 0 Å². The predicted molar refractivity (Wildman–Crippen MR) is 83.1 cm³/mol. The van der Waals surface area contributed by atoms with Crippen LogP contribution in [0.3, 0.4) is 0 Å². The smallest absolute Gasteiger partial charge is 0.0396 e. The second kappa shape index (κ2) is 6.40. The Morgan fingerprint density at radius 2 is 1.95 bits per heavy atom. The summed E-state index contributed by atoms with van der Waals surface area (Å²) in [7, 11) is 2.21. The number of nitrogens with zero attached hydrogens (tertiary/aromatic N) is 2. The molecule has 1 aromatic carbocycles. The van der Waals surface area contributed by atoms with Crippen LogP contribution in [0.4, 0.5) is 5.69 Å². The fraction of sp³-hybridized carbons (Fsp3) is 0.625. The van der Waals surface area contributed by atoms with Gasteiger partial charge in [-0.15, -0.1) is 0 Å². The van der Waals surface area contributed by atoms with Gasteiger partial charge < -0.3 is 10.2 Å². The van der Waals surface area contributed by atoms with Crippen LogP contribution >= 0.6 is 0 Å². The Labute approximate surface area is 117 Å². The van der Waals surface area contributed by atoms with Gasteiger partial charge in [0, 0.05) is 51.5 Å². The topological polar surface area (TPSA) is 18.5 Å². The average molecular weight is 261 g/mol. The molecule has 0 amide bonds. The molecular weight excluding hydrogens is 234 g/mol. The third-order valence-electron chi connectivity index (χ3n) is 4.09. The van der Waals surface area contributed by atoms with Gasteiger partial charge in [-0.2, -0.15) is 0 Å². The molecule has 1 unspecified atom stereocenters. The maximum absolute atomic E-state index is 3.42. The van der Waals surface area contributed by atoms with Crippen molar-refractivity contribution in [2.45, 2.75) is 26.8 Å². The SMILES string of the molecule is Cc1ccc(C)c(N(C)CC(C)N2CCNCC2)c1. The van der Waals surface area contributed by atoms with E-state index in [1.807, 2.05) is 0 Å². The van der Waals surface area contributed by atoms with Crippen molar-refractivity contribution in [2.24, 2.45) is 0 Å². The minimum Gasteiger partial charge on any atom is -0.373 e. The minimum absolute atomic E-state index is 0.604. The lowest BCUT2D eigenvalue weighted by Gasteiger charge is -2.35. The maximum Gasteiger partial charge on any atom is 0.0396 e. The molecule has 0 spiro atoms. The van der Waals surface area contributed by atoms with Gasteiger partial charge in [-0.3, -0.25) is 4.90 Å². The van der Waals surface area contributed by atoms with Gasteiger partial charge in [0.25, 0.3) is 0 Å². The fourth-order valence-electron chi connectivity index (χ4n) is 2.86. The lowest BCUT2D eigenvalue weighted by Crippen LogP contribution is -2.50. The third-order valence-corrected chi connectivity index (χ3v) is 4.09. The molecule has 1 fully saturated rings. The number of benzene rings is 1. The lowest BCUT2D eigenvalue weighted by molar-refractivity contribution is 0.187. The molecule has 0 aromatic heterocycles. The molecule has 0 radical (unpaired) electrons. The largest absolute Gasteiger partial charge is 0.373 e. The molecule has 3 heteroatoms. The van der Waals surface area contributed by atoms with Gasteiger partial charge in [0.2, 0.25) is 0 Å². The number of rotatable bonds is 4. The zero-order valence-electron chi connectivity index (χ0n) is 12.7. The number of piperazine rings is 1. The van der Waals surface area contributed by atoms with Gasteiger partial charge in [0.05, 0.1) is 0 Å². The first-order chi connectivity index (χ1) is 9.08. The summed E-state index contributed by atoms with van der Waals surface area (Å²) in [4.78, 5) is 4.98. The first-order valence-electron chi connectivity index (χ1n) is 7.31. The summed E-state index contributed by atoms with van der Waals surface area (Å²) in [5.74, 6) is 0. The summed E-state index contributed by atoms with van der Waals surface area (Å²) in [5, 5.41) is 3.42. The van der Waals surface area contributed by atoms with Crippen molar-refractivity contribution in [3.8, 4) is 0 Å². The van der Waals surface area contributed by atoms with Gasteiger partial charge in [-0.1, -0.05) is 12.1 Å². The molecule has 1 saturated heterocycles. The first-order valence-corrected chi connectivity index (χ1v) is 7.31. The Kier molecular flexibility index (Phi) is 4.83. The molecular formula is C16H27N3. The number of hydrogen-bond acceptors (Lipinski definition) is 3. The summed E-state index contributed by atoms with van der Waals surface area (Å²) < 4.78 is 0. The molecule has 1 atom stereocenters. The average Bonchev–Trinajstić information content (AvgIpc) is 2.42. The van der Waals surface area contributed by atoms with E-state index in [4.69, 9.17) is 0 Å². The van der Waals surface area contributed by atoms with Crippen LogP contribution in [0.5, 0.6) is 0 Å². The second-order valence-corrected chi connectivity index (χ2v) is 5.81. The van der Waals surface area contributed by atoms with E-state index in [1.54, 1.807) is 0 Å². The first kappa shape index (κ1) is 14.4. The molecule has 1 N–H and O–H groups in total. The Morgan fingerprint density at radius 1 is 1.26 bits per heavy atom. The van der Waals surface area contributed by atoms with Crippen LogP contribution < -0.4 is 10.2 Å². The van der Waals surface area contributed by atoms with Gasteiger partial charge in [0.1, 0.15) is 0 Å². The summed E-state index contributed by atoms with van der Waals surface area (Å²) >= 11 is 0. The lowest BCUT2D eigenvalue weighted by atomic mass is 10.1. The van der Waals surface area contributed by atoms with Crippen molar-refractivity contribution in [1.29, 1.82) is 0 Å². The number of aryl methyl sites for hydroxylation is 2. The molecule has 19 heavy (non-hydrogen) atoms. The summed E-state index contributed by atoms with van der Waals surface area (Å²) in [6.45, 7) is 12.4. The summed E-state index contributed by atoms with van der Waals surface area (Å²) in [6, 6.07) is 7.30. The van der Waals surface area contributed by atoms with E-state index in [0.29, 0.717) is 6.04 Å². The van der Waals surface area contributed by atoms with Crippen molar-refractivity contribution in [1.82, 2.24) is 10.2 Å². The Hall–Kier alpha value is -1.06. The highest BCUT2D eigenvalue weighted by Gasteiger charge is 2.18. The van der Waals surface area contributed by atoms with Crippen LogP contribution in [0.2, 0.25) is 0 Å². The van der Waals surface area contributed by atoms with E-state index in [0.717, 1.165) is 19.6 Å². The molecule has 0 saturated carbocycles. The molecule has 0 bridgehead atoms. The van der Waals surface area contributed by atoms with E-state index in [1.165, 1.54) is 29.9 Å². The molecule has 0 aliphatic carbocycles. The highest BCUT2D eigenvalue weighted by molar-refractivity contribution is 5.54. The molecule has 1 aliphatic rings. The van der Waals surface area contributed by atoms with Crippen LogP contribution in [0.15, 0.2) is 18.2 Å². The van der Waals surface area contributed by atoms with Crippen LogP contribution in [-0.4, -0.2) is 50.7 Å². The van der Waals surface area contributed by atoms with Gasteiger partial charge in [-0.25, -0.2) is 0 Å². The number of hydrogen-bond donors (Lipinski definition) is 1. The molecule has 1 aromatic rings. The van der Waals surface area contributed by atoms with Gasteiger partial charge in [0.15, 0.2) is 0 Å². The summed E-state index contributed by atoms with van der Waals surface area (Å²) in [5.41, 5.74) is 4.06. The summed E-state index contributed by atoms with van der Waals surface area (Å²) in [6.07, 6.45) is 0. The van der Waals surface area contributed by atoms with Crippen molar-refractivity contribution in [3.05, 3.63) is 29.3 Å². The minimum atomic E-state index is 0.604. The highest BCUT2D eigenvalue weighted by Crippen LogP contribution is 2.21. The van der Waals surface area contributed by atoms with Crippen molar-refractivity contribution in [2.75, 3.05) is 44.7 Å². The Bertz CT molecular complexity index is 410.